The van der Waals surface area contributed by atoms with Crippen molar-refractivity contribution in [2.75, 3.05) is 7.11 Å². The van der Waals surface area contributed by atoms with E-state index in [0.29, 0.717) is 17.4 Å². The lowest BCUT2D eigenvalue weighted by Crippen LogP contribution is -2.13. The summed E-state index contributed by atoms with van der Waals surface area (Å²) in [5.74, 6) is -1.07. The number of aromatic nitrogens is 3. The van der Waals surface area contributed by atoms with Gasteiger partial charge in [0.25, 0.3) is 0 Å². The van der Waals surface area contributed by atoms with Crippen LogP contribution in [0.1, 0.15) is 46.6 Å². The minimum absolute atomic E-state index is 0.121. The van der Waals surface area contributed by atoms with E-state index in [4.69, 9.17) is 14.2 Å². The van der Waals surface area contributed by atoms with Crippen molar-refractivity contribution in [3.05, 3.63) is 59.0 Å². The van der Waals surface area contributed by atoms with Gasteiger partial charge in [0, 0.05) is 23.5 Å². The molecule has 0 aliphatic heterocycles. The largest absolute Gasteiger partial charge is 0.492 e. The first kappa shape index (κ1) is 21.2. The fourth-order valence-corrected chi connectivity index (χ4v) is 4.65. The molecule has 33 heavy (non-hydrogen) atoms. The van der Waals surface area contributed by atoms with Crippen LogP contribution >= 0.6 is 0 Å². The highest BCUT2D eigenvalue weighted by Gasteiger charge is 2.25. The van der Waals surface area contributed by atoms with Gasteiger partial charge in [0.2, 0.25) is 0 Å². The first-order chi connectivity index (χ1) is 15.9. The Bertz CT molecular complexity index is 1360. The van der Waals surface area contributed by atoms with Gasteiger partial charge in [0.1, 0.15) is 5.76 Å². The number of benzene rings is 1. The van der Waals surface area contributed by atoms with Crippen molar-refractivity contribution < 1.29 is 23.6 Å². The maximum Gasteiger partial charge on any atom is 0.338 e. The van der Waals surface area contributed by atoms with E-state index >= 15 is 4.39 Å². The summed E-state index contributed by atoms with van der Waals surface area (Å²) >= 11 is 0. The Labute approximate surface area is 189 Å². The Kier molecular flexibility index (Phi) is 5.15. The molecule has 4 aromatic rings. The van der Waals surface area contributed by atoms with Crippen molar-refractivity contribution in [3.63, 3.8) is 0 Å². The van der Waals surface area contributed by atoms with Gasteiger partial charge in [0.15, 0.2) is 11.6 Å². The number of hydrogen-bond acceptors (Lipinski definition) is 5. The third-order valence-electron chi connectivity index (χ3n) is 6.54. The average Bonchev–Trinajstić information content (AvgIpc) is 3.29. The summed E-state index contributed by atoms with van der Waals surface area (Å²) in [4.78, 5) is 16.2. The number of hydrogen-bond donors (Lipinski definition) is 1. The summed E-state index contributed by atoms with van der Waals surface area (Å²) in [6, 6.07) is 4.82. The number of rotatable bonds is 6. The minimum Gasteiger partial charge on any atom is -0.492 e. The molecule has 0 bridgehead atoms. The molecule has 1 aromatic carbocycles. The Morgan fingerprint density at radius 1 is 1.33 bits per heavy atom. The highest BCUT2D eigenvalue weighted by molar-refractivity contribution is 5.90. The van der Waals surface area contributed by atoms with Crippen LogP contribution in [0.2, 0.25) is 0 Å². The van der Waals surface area contributed by atoms with Crippen LogP contribution in [0.25, 0.3) is 27.8 Å². The number of carboxylic acids is 1. The van der Waals surface area contributed by atoms with Crippen LogP contribution in [0.3, 0.4) is 0 Å². The summed E-state index contributed by atoms with van der Waals surface area (Å²) in [6.45, 7) is 3.73. The van der Waals surface area contributed by atoms with E-state index in [9.17, 15) is 9.90 Å². The smallest absolute Gasteiger partial charge is 0.338 e. The number of pyridine rings is 1. The summed E-state index contributed by atoms with van der Waals surface area (Å²) in [7, 11) is 1.34. The second-order valence-corrected chi connectivity index (χ2v) is 8.60. The lowest BCUT2D eigenvalue weighted by Gasteiger charge is -2.24. The van der Waals surface area contributed by atoms with Crippen molar-refractivity contribution in [2.45, 2.75) is 39.5 Å². The number of aryl methyl sites for hydroxylation is 2. The number of carboxylic acid groups (broad SMARTS) is 1. The molecular weight excluding hydrogens is 425 g/mol. The minimum atomic E-state index is -1.34. The van der Waals surface area contributed by atoms with Crippen molar-refractivity contribution in [1.29, 1.82) is 0 Å². The summed E-state index contributed by atoms with van der Waals surface area (Å²) in [5, 5.41) is 13.4. The zero-order valence-electron chi connectivity index (χ0n) is 18.7. The fourth-order valence-electron chi connectivity index (χ4n) is 4.65. The molecule has 1 aliphatic carbocycles. The van der Waals surface area contributed by atoms with Gasteiger partial charge in [-0.2, -0.15) is 0 Å². The van der Waals surface area contributed by atoms with E-state index < -0.39 is 17.3 Å². The molecule has 1 fully saturated rings. The van der Waals surface area contributed by atoms with Crippen molar-refractivity contribution >= 4 is 17.0 Å². The standard InChI is InChI=1S/C25H24FN3O4/c1-13-21(14(2)33-28-13)16-10-20-23(27-11-16)17(9-15-5-4-6-15)12-29(20)19-8-7-18(25(30)31)22(26)24(19)32-3/h7-8,10-12,15H,4-6,9H2,1-3H3,(H,30,31). The summed E-state index contributed by atoms with van der Waals surface area (Å²) in [6.07, 6.45) is 8.28. The van der Waals surface area contributed by atoms with E-state index in [2.05, 4.69) is 5.16 Å². The van der Waals surface area contributed by atoms with Crippen LogP contribution in [0.15, 0.2) is 35.1 Å². The molecular formula is C25H24FN3O4. The van der Waals surface area contributed by atoms with Gasteiger partial charge in [-0.1, -0.05) is 24.4 Å². The Morgan fingerprint density at radius 3 is 2.73 bits per heavy atom. The zero-order valence-corrected chi connectivity index (χ0v) is 18.7. The molecule has 1 aliphatic rings. The molecule has 0 unspecified atom stereocenters. The molecule has 3 heterocycles. The molecule has 0 atom stereocenters. The van der Waals surface area contributed by atoms with Gasteiger partial charge >= 0.3 is 5.97 Å². The molecule has 0 amide bonds. The Hall–Kier alpha value is -3.68. The number of halogens is 1. The lowest BCUT2D eigenvalue weighted by molar-refractivity contribution is 0.0691. The fraction of sp³-hybridized carbons (Fsp3) is 0.320. The Balaban J connectivity index is 1.74. The van der Waals surface area contributed by atoms with E-state index in [-0.39, 0.29) is 5.75 Å². The summed E-state index contributed by atoms with van der Waals surface area (Å²) in [5.41, 5.74) is 5.15. The van der Waals surface area contributed by atoms with Gasteiger partial charge < -0.3 is 18.9 Å². The molecule has 0 saturated heterocycles. The van der Waals surface area contributed by atoms with Gasteiger partial charge in [-0.15, -0.1) is 0 Å². The number of methoxy groups -OCH3 is 1. The van der Waals surface area contributed by atoms with Gasteiger partial charge in [-0.25, -0.2) is 9.18 Å². The molecule has 3 aromatic heterocycles. The molecule has 1 saturated carbocycles. The maximum absolute atomic E-state index is 15.0. The van der Waals surface area contributed by atoms with Crippen molar-refractivity contribution in [3.8, 4) is 22.6 Å². The third kappa shape index (κ3) is 3.46. The SMILES string of the molecule is COc1c(-n2cc(CC3CCC3)c3ncc(-c4c(C)noc4C)cc32)ccc(C(=O)O)c1F. The third-order valence-corrected chi connectivity index (χ3v) is 6.54. The predicted octanol–water partition coefficient (Wildman–Crippen LogP) is 5.49. The second kappa shape index (κ2) is 8.03. The van der Waals surface area contributed by atoms with Gasteiger partial charge in [-0.3, -0.25) is 4.98 Å². The Morgan fingerprint density at radius 2 is 2.12 bits per heavy atom. The summed E-state index contributed by atoms with van der Waals surface area (Å²) < 4.78 is 27.5. The van der Waals surface area contributed by atoms with Gasteiger partial charge in [0.05, 0.1) is 35.1 Å². The number of ether oxygens (including phenoxy) is 1. The molecule has 1 N–H and O–H groups in total. The quantitative estimate of drug-likeness (QED) is 0.419. The monoisotopic (exact) mass is 449 g/mol. The number of fused-ring (bicyclic) bond motifs is 1. The molecule has 8 heteroatoms. The van der Waals surface area contributed by atoms with Crippen molar-refractivity contribution in [2.24, 2.45) is 5.92 Å². The molecule has 7 nitrogen and oxygen atoms in total. The molecule has 0 radical (unpaired) electrons. The molecule has 0 spiro atoms. The van der Waals surface area contributed by atoms with Gasteiger partial charge in [-0.05, 0) is 49.9 Å². The highest BCUT2D eigenvalue weighted by atomic mass is 19.1. The van der Waals surface area contributed by atoms with Crippen LogP contribution in [-0.4, -0.2) is 32.9 Å². The lowest BCUT2D eigenvalue weighted by atomic mass is 9.81. The topological polar surface area (TPSA) is 90.4 Å². The molecule has 170 valence electrons. The van der Waals surface area contributed by atoms with E-state index in [1.807, 2.05) is 36.9 Å². The first-order valence-electron chi connectivity index (χ1n) is 10.9. The predicted molar refractivity (Wildman–Crippen MR) is 121 cm³/mol. The van der Waals surface area contributed by atoms with Crippen LogP contribution < -0.4 is 4.74 Å². The van der Waals surface area contributed by atoms with E-state index in [1.54, 1.807) is 6.07 Å². The zero-order chi connectivity index (χ0) is 23.3. The average molecular weight is 449 g/mol. The van der Waals surface area contributed by atoms with Crippen LogP contribution in [-0.2, 0) is 6.42 Å². The van der Waals surface area contributed by atoms with E-state index in [1.165, 1.54) is 32.4 Å². The normalized spacial score (nSPS) is 13.9. The molecule has 5 rings (SSSR count). The number of aromatic carboxylic acids is 1. The van der Waals surface area contributed by atoms with Crippen LogP contribution in [0, 0.1) is 25.6 Å². The van der Waals surface area contributed by atoms with Crippen LogP contribution in [0.4, 0.5) is 4.39 Å². The number of carbonyl (C=O) groups is 1. The van der Waals surface area contributed by atoms with Crippen molar-refractivity contribution in [1.82, 2.24) is 14.7 Å². The number of nitrogens with zero attached hydrogens (tertiary/aromatic N) is 3. The van der Waals surface area contributed by atoms with Crippen LogP contribution in [0.5, 0.6) is 5.75 Å². The van der Waals surface area contributed by atoms with E-state index in [0.717, 1.165) is 39.8 Å². The maximum atomic E-state index is 15.0. The second-order valence-electron chi connectivity index (χ2n) is 8.60. The highest BCUT2D eigenvalue weighted by Crippen LogP contribution is 2.38. The first-order valence-corrected chi connectivity index (χ1v) is 10.9.